The predicted octanol–water partition coefficient (Wildman–Crippen LogP) is 1.68. The molecular weight excluding hydrogens is 199 g/mol. The number of aldehydes is 1. The second-order valence-electron chi connectivity index (χ2n) is 2.34. The normalized spacial score (nSPS) is 11.1. The van der Waals surface area contributed by atoms with Crippen LogP contribution in [-0.2, 0) is 11.0 Å². The van der Waals surface area contributed by atoms with E-state index in [1.165, 1.54) is 6.07 Å². The molecule has 0 saturated heterocycles. The maximum atomic E-state index is 12.1. The van der Waals surface area contributed by atoms with Crippen LogP contribution in [0, 0.1) is 0 Å². The standard InChI is InChI=1S/C8H6F3NO2/c9-8(10,11)6-2-1-3-7(12-6)14-5-4-13/h1-4H,5H2. The smallest absolute Gasteiger partial charge is 0.433 e. The van der Waals surface area contributed by atoms with Crippen molar-refractivity contribution in [2.45, 2.75) is 6.18 Å². The first-order valence-electron chi connectivity index (χ1n) is 3.64. The zero-order valence-electron chi connectivity index (χ0n) is 6.91. The lowest BCUT2D eigenvalue weighted by Crippen LogP contribution is -2.09. The summed E-state index contributed by atoms with van der Waals surface area (Å²) in [6.07, 6.45) is -4.07. The Morgan fingerprint density at radius 3 is 2.71 bits per heavy atom. The molecule has 1 aromatic rings. The van der Waals surface area contributed by atoms with Gasteiger partial charge in [-0.15, -0.1) is 0 Å². The molecular formula is C8H6F3NO2. The van der Waals surface area contributed by atoms with Crippen molar-refractivity contribution >= 4 is 6.29 Å². The average molecular weight is 205 g/mol. The van der Waals surface area contributed by atoms with Crippen LogP contribution in [0.5, 0.6) is 5.88 Å². The second kappa shape index (κ2) is 4.08. The molecule has 1 rings (SSSR count). The Kier molecular flexibility index (Phi) is 3.06. The minimum atomic E-state index is -4.50. The number of rotatable bonds is 3. The Hall–Kier alpha value is -1.59. The van der Waals surface area contributed by atoms with Crippen molar-refractivity contribution in [2.24, 2.45) is 0 Å². The molecule has 0 atom stereocenters. The zero-order chi connectivity index (χ0) is 10.6. The molecule has 1 aromatic heterocycles. The Morgan fingerprint density at radius 1 is 1.43 bits per heavy atom. The van der Waals surface area contributed by atoms with Gasteiger partial charge >= 0.3 is 6.18 Å². The summed E-state index contributed by atoms with van der Waals surface area (Å²) < 4.78 is 40.9. The van der Waals surface area contributed by atoms with E-state index in [1.807, 2.05) is 0 Å². The highest BCUT2D eigenvalue weighted by molar-refractivity contribution is 5.51. The van der Waals surface area contributed by atoms with Crippen molar-refractivity contribution in [1.82, 2.24) is 4.98 Å². The van der Waals surface area contributed by atoms with Crippen molar-refractivity contribution < 1.29 is 22.7 Å². The predicted molar refractivity (Wildman–Crippen MR) is 40.8 cm³/mol. The number of alkyl halides is 3. The lowest BCUT2D eigenvalue weighted by molar-refractivity contribution is -0.141. The van der Waals surface area contributed by atoms with Gasteiger partial charge in [0.05, 0.1) is 0 Å². The summed E-state index contributed by atoms with van der Waals surface area (Å²) in [5.41, 5.74) is -1.04. The quantitative estimate of drug-likeness (QED) is 0.704. The van der Waals surface area contributed by atoms with Crippen LogP contribution in [0.3, 0.4) is 0 Å². The van der Waals surface area contributed by atoms with Crippen LogP contribution in [-0.4, -0.2) is 17.9 Å². The molecule has 1 heterocycles. The monoisotopic (exact) mass is 205 g/mol. The SMILES string of the molecule is O=CCOc1cccc(C(F)(F)F)n1. The van der Waals surface area contributed by atoms with Crippen LogP contribution in [0.1, 0.15) is 5.69 Å². The largest absolute Gasteiger partial charge is 0.470 e. The average Bonchev–Trinajstić information content (AvgIpc) is 2.14. The van der Waals surface area contributed by atoms with Crippen LogP contribution >= 0.6 is 0 Å². The van der Waals surface area contributed by atoms with Gasteiger partial charge in [0.2, 0.25) is 5.88 Å². The number of nitrogens with zero attached hydrogens (tertiary/aromatic N) is 1. The molecule has 76 valence electrons. The molecule has 0 saturated carbocycles. The van der Waals surface area contributed by atoms with Crippen molar-refractivity contribution in [2.75, 3.05) is 6.61 Å². The third-order valence-electron chi connectivity index (χ3n) is 1.31. The summed E-state index contributed by atoms with van der Waals surface area (Å²) in [7, 11) is 0. The first-order chi connectivity index (χ1) is 6.54. The van der Waals surface area contributed by atoms with E-state index in [2.05, 4.69) is 9.72 Å². The van der Waals surface area contributed by atoms with Crippen molar-refractivity contribution in [3.63, 3.8) is 0 Å². The molecule has 0 aromatic carbocycles. The van der Waals surface area contributed by atoms with Gasteiger partial charge in [-0.1, -0.05) is 6.07 Å². The van der Waals surface area contributed by atoms with E-state index in [9.17, 15) is 18.0 Å². The third-order valence-corrected chi connectivity index (χ3v) is 1.31. The Labute approximate surface area is 77.5 Å². The summed E-state index contributed by atoms with van der Waals surface area (Å²) in [5, 5.41) is 0. The lowest BCUT2D eigenvalue weighted by Gasteiger charge is -2.06. The number of pyridine rings is 1. The summed E-state index contributed by atoms with van der Waals surface area (Å²) in [4.78, 5) is 13.1. The molecule has 0 spiro atoms. The fraction of sp³-hybridized carbons (Fsp3) is 0.250. The van der Waals surface area contributed by atoms with Gasteiger partial charge in [-0.3, -0.25) is 4.79 Å². The van der Waals surface area contributed by atoms with E-state index < -0.39 is 11.9 Å². The van der Waals surface area contributed by atoms with E-state index in [1.54, 1.807) is 0 Å². The fourth-order valence-electron chi connectivity index (χ4n) is 0.772. The Morgan fingerprint density at radius 2 is 2.14 bits per heavy atom. The van der Waals surface area contributed by atoms with Crippen LogP contribution in [0.4, 0.5) is 13.2 Å². The van der Waals surface area contributed by atoms with Gasteiger partial charge in [-0.25, -0.2) is 4.98 Å². The van der Waals surface area contributed by atoms with Crippen LogP contribution < -0.4 is 4.74 Å². The van der Waals surface area contributed by atoms with E-state index in [0.717, 1.165) is 12.1 Å². The number of carbonyl (C=O) groups is 1. The summed E-state index contributed by atoms with van der Waals surface area (Å²) in [6.45, 7) is -0.311. The lowest BCUT2D eigenvalue weighted by atomic mass is 10.3. The number of ether oxygens (including phenoxy) is 1. The van der Waals surface area contributed by atoms with Crippen LogP contribution in [0.25, 0.3) is 0 Å². The summed E-state index contributed by atoms with van der Waals surface area (Å²) in [5.74, 6) is -0.216. The molecule has 0 unspecified atom stereocenters. The van der Waals surface area contributed by atoms with Crippen LogP contribution in [0.15, 0.2) is 18.2 Å². The van der Waals surface area contributed by atoms with Gasteiger partial charge in [0.25, 0.3) is 0 Å². The van der Waals surface area contributed by atoms with Gasteiger partial charge in [-0.05, 0) is 6.07 Å². The van der Waals surface area contributed by atoms with Crippen molar-refractivity contribution in [1.29, 1.82) is 0 Å². The number of aromatic nitrogens is 1. The number of hydrogen-bond donors (Lipinski definition) is 0. The maximum absolute atomic E-state index is 12.1. The highest BCUT2D eigenvalue weighted by atomic mass is 19.4. The topological polar surface area (TPSA) is 39.2 Å². The number of carbonyl (C=O) groups excluding carboxylic acids is 1. The molecule has 0 aliphatic carbocycles. The highest BCUT2D eigenvalue weighted by Gasteiger charge is 2.32. The second-order valence-corrected chi connectivity index (χ2v) is 2.34. The van der Waals surface area contributed by atoms with Gasteiger partial charge in [0.1, 0.15) is 12.3 Å². The fourth-order valence-corrected chi connectivity index (χ4v) is 0.772. The minimum absolute atomic E-state index is 0.216. The molecule has 0 aliphatic heterocycles. The minimum Gasteiger partial charge on any atom is -0.470 e. The first-order valence-corrected chi connectivity index (χ1v) is 3.64. The molecule has 0 bridgehead atoms. The maximum Gasteiger partial charge on any atom is 0.433 e. The van der Waals surface area contributed by atoms with Crippen molar-refractivity contribution in [3.05, 3.63) is 23.9 Å². The van der Waals surface area contributed by atoms with E-state index in [0.29, 0.717) is 6.29 Å². The van der Waals surface area contributed by atoms with Gasteiger partial charge in [-0.2, -0.15) is 13.2 Å². The Balaban J connectivity index is 2.84. The molecule has 0 aliphatic rings. The van der Waals surface area contributed by atoms with Gasteiger partial charge in [0, 0.05) is 6.07 Å². The van der Waals surface area contributed by atoms with E-state index >= 15 is 0 Å². The Bertz CT molecular complexity index is 325. The van der Waals surface area contributed by atoms with E-state index in [4.69, 9.17) is 0 Å². The summed E-state index contributed by atoms with van der Waals surface area (Å²) in [6, 6.07) is 3.24. The third kappa shape index (κ3) is 2.72. The van der Waals surface area contributed by atoms with E-state index in [-0.39, 0.29) is 12.5 Å². The van der Waals surface area contributed by atoms with Crippen molar-refractivity contribution in [3.8, 4) is 5.88 Å². The molecule has 0 fully saturated rings. The number of hydrogen-bond acceptors (Lipinski definition) is 3. The molecule has 3 nitrogen and oxygen atoms in total. The first kappa shape index (κ1) is 10.5. The highest BCUT2D eigenvalue weighted by Crippen LogP contribution is 2.28. The molecule has 0 N–H and O–H groups in total. The zero-order valence-corrected chi connectivity index (χ0v) is 6.91. The summed E-state index contributed by atoms with van der Waals surface area (Å²) >= 11 is 0. The molecule has 6 heteroatoms. The van der Waals surface area contributed by atoms with Gasteiger partial charge < -0.3 is 4.74 Å². The molecule has 14 heavy (non-hydrogen) atoms. The number of halogens is 3. The van der Waals surface area contributed by atoms with Crippen LogP contribution in [0.2, 0.25) is 0 Å². The molecule has 0 amide bonds. The molecule has 0 radical (unpaired) electrons. The van der Waals surface area contributed by atoms with Gasteiger partial charge in [0.15, 0.2) is 6.29 Å².